The maximum Gasteiger partial charge on any atom is 0.417 e. The number of ether oxygens (including phenoxy) is 1. The van der Waals surface area contributed by atoms with Crippen molar-refractivity contribution in [2.45, 2.75) is 82.7 Å². The van der Waals surface area contributed by atoms with Gasteiger partial charge in [0.25, 0.3) is 0 Å². The molecule has 1 saturated heterocycles. The Morgan fingerprint density at radius 2 is 1.84 bits per heavy atom. The number of H-pyrrole nitrogens is 1. The Kier molecular flexibility index (Phi) is 6.81. The topological polar surface area (TPSA) is 50.3 Å². The van der Waals surface area contributed by atoms with E-state index in [4.69, 9.17) is 4.74 Å². The first kappa shape index (κ1) is 23.8. The lowest BCUT2D eigenvalue weighted by Crippen LogP contribution is -2.53. The summed E-state index contributed by atoms with van der Waals surface area (Å²) in [6, 6.07) is 2.41. The van der Waals surface area contributed by atoms with E-state index in [0.717, 1.165) is 70.7 Å². The van der Waals surface area contributed by atoms with Crippen LogP contribution < -0.4 is 5.69 Å². The number of rotatable bonds is 5. The minimum absolute atomic E-state index is 0.0241. The van der Waals surface area contributed by atoms with Gasteiger partial charge >= 0.3 is 11.9 Å². The van der Waals surface area contributed by atoms with Gasteiger partial charge in [0.15, 0.2) is 0 Å². The molecule has 2 aromatic rings. The van der Waals surface area contributed by atoms with E-state index in [1.54, 1.807) is 4.57 Å². The minimum atomic E-state index is -4.48. The quantitative estimate of drug-likeness (QED) is 0.539. The van der Waals surface area contributed by atoms with E-state index in [-0.39, 0.29) is 27.3 Å². The molecule has 0 amide bonds. The van der Waals surface area contributed by atoms with Crippen molar-refractivity contribution in [1.82, 2.24) is 14.5 Å². The zero-order chi connectivity index (χ0) is 23.1. The van der Waals surface area contributed by atoms with Crippen molar-refractivity contribution in [3.05, 3.63) is 32.7 Å². The van der Waals surface area contributed by atoms with E-state index in [1.165, 1.54) is 6.07 Å². The van der Waals surface area contributed by atoms with Crippen molar-refractivity contribution >= 4 is 27.0 Å². The normalized spacial score (nSPS) is 26.1. The lowest BCUT2D eigenvalue weighted by atomic mass is 9.79. The summed E-state index contributed by atoms with van der Waals surface area (Å²) < 4.78 is 47.3. The highest BCUT2D eigenvalue weighted by atomic mass is 79.9. The molecule has 0 spiro atoms. The maximum atomic E-state index is 13.2. The second kappa shape index (κ2) is 9.14. The summed E-state index contributed by atoms with van der Waals surface area (Å²) in [7, 11) is 0. The van der Waals surface area contributed by atoms with Gasteiger partial charge in [-0.1, -0.05) is 22.9 Å². The number of benzene rings is 1. The van der Waals surface area contributed by atoms with Crippen molar-refractivity contribution in [1.29, 1.82) is 0 Å². The Labute approximate surface area is 194 Å². The van der Waals surface area contributed by atoms with Crippen LogP contribution in [-0.2, 0) is 10.9 Å². The molecule has 4 rings (SSSR count). The summed E-state index contributed by atoms with van der Waals surface area (Å²) in [5, 5.41) is 0. The van der Waals surface area contributed by atoms with Gasteiger partial charge < -0.3 is 9.72 Å². The summed E-state index contributed by atoms with van der Waals surface area (Å²) in [4.78, 5) is 17.8. The van der Waals surface area contributed by atoms with Crippen LogP contribution >= 0.6 is 15.9 Å². The fraction of sp³-hybridized carbons (Fsp3) is 0.696. The molecule has 2 fully saturated rings. The lowest BCUT2D eigenvalue weighted by molar-refractivity contribution is -0.138. The number of aromatic amines is 1. The van der Waals surface area contributed by atoms with Gasteiger partial charge in [-0.25, -0.2) is 4.79 Å². The molecule has 1 aliphatic carbocycles. The summed E-state index contributed by atoms with van der Waals surface area (Å²) in [6.07, 6.45) is 2.90. The first-order valence-corrected chi connectivity index (χ1v) is 12.3. The summed E-state index contributed by atoms with van der Waals surface area (Å²) in [6.45, 7) is 7.04. The van der Waals surface area contributed by atoms with E-state index in [2.05, 4.69) is 39.7 Å². The second-order valence-electron chi connectivity index (χ2n) is 9.43. The van der Waals surface area contributed by atoms with Crippen LogP contribution in [0.1, 0.15) is 70.4 Å². The van der Waals surface area contributed by atoms with Crippen LogP contribution in [0.3, 0.4) is 0 Å². The number of alkyl halides is 3. The molecule has 9 heteroatoms. The predicted molar refractivity (Wildman–Crippen MR) is 122 cm³/mol. The number of nitrogens with one attached hydrogen (secondary N) is 1. The molecule has 1 aromatic heterocycles. The highest BCUT2D eigenvalue weighted by Gasteiger charge is 2.39. The van der Waals surface area contributed by atoms with Gasteiger partial charge in [0.05, 0.1) is 22.7 Å². The van der Waals surface area contributed by atoms with Crippen LogP contribution in [0.2, 0.25) is 0 Å². The smallest absolute Gasteiger partial charge is 0.378 e. The van der Waals surface area contributed by atoms with Crippen molar-refractivity contribution in [3.63, 3.8) is 0 Å². The van der Waals surface area contributed by atoms with Crippen LogP contribution in [0.25, 0.3) is 11.0 Å². The van der Waals surface area contributed by atoms with E-state index < -0.39 is 11.7 Å². The highest BCUT2D eigenvalue weighted by molar-refractivity contribution is 9.10. The van der Waals surface area contributed by atoms with Crippen LogP contribution in [0.4, 0.5) is 13.2 Å². The number of nitrogens with zero attached hydrogens (tertiary/aromatic N) is 2. The third-order valence-electron chi connectivity index (χ3n) is 7.27. The Morgan fingerprint density at radius 3 is 2.44 bits per heavy atom. The minimum Gasteiger partial charge on any atom is -0.378 e. The van der Waals surface area contributed by atoms with Crippen molar-refractivity contribution in [3.8, 4) is 0 Å². The summed E-state index contributed by atoms with van der Waals surface area (Å²) in [5.74, 6) is 0. The zero-order valence-electron chi connectivity index (χ0n) is 18.6. The van der Waals surface area contributed by atoms with Crippen LogP contribution in [0.15, 0.2) is 21.4 Å². The zero-order valence-corrected chi connectivity index (χ0v) is 20.2. The van der Waals surface area contributed by atoms with Gasteiger partial charge in [-0.3, -0.25) is 9.47 Å². The monoisotopic (exact) mass is 517 g/mol. The number of hydrogen-bond donors (Lipinski definition) is 1. The van der Waals surface area contributed by atoms with Gasteiger partial charge in [0, 0.05) is 35.7 Å². The fourth-order valence-electron chi connectivity index (χ4n) is 5.37. The molecule has 32 heavy (non-hydrogen) atoms. The lowest BCUT2D eigenvalue weighted by Gasteiger charge is -2.48. The Morgan fingerprint density at radius 1 is 1.19 bits per heavy atom. The van der Waals surface area contributed by atoms with Gasteiger partial charge in [-0.2, -0.15) is 13.2 Å². The van der Waals surface area contributed by atoms with Crippen molar-refractivity contribution < 1.29 is 17.9 Å². The van der Waals surface area contributed by atoms with E-state index in [0.29, 0.717) is 11.6 Å². The summed E-state index contributed by atoms with van der Waals surface area (Å²) in [5.41, 5.74) is -0.227. The molecule has 178 valence electrons. The molecular weight excluding hydrogens is 487 g/mol. The van der Waals surface area contributed by atoms with Gasteiger partial charge in [-0.15, -0.1) is 0 Å². The molecule has 1 aliphatic heterocycles. The Balaban J connectivity index is 1.46. The van der Waals surface area contributed by atoms with Crippen molar-refractivity contribution in [2.24, 2.45) is 0 Å². The van der Waals surface area contributed by atoms with E-state index >= 15 is 0 Å². The standard InChI is InChI=1S/C23H31BrF3N3O2/c1-3-12-32-16-4-8-22(2,9-5-16)29-10-6-15(7-11-29)30-20-14-18(24)17(23(25,26)27)13-19(20)28-21(30)31/h13-16H,3-12H2,1-2H3,(H,28,31)/t16-,22-. The van der Waals surface area contributed by atoms with Crippen LogP contribution in [0, 0.1) is 0 Å². The highest BCUT2D eigenvalue weighted by Crippen LogP contribution is 2.40. The summed E-state index contributed by atoms with van der Waals surface area (Å²) >= 11 is 3.04. The fourth-order valence-corrected chi connectivity index (χ4v) is 5.93. The molecule has 5 nitrogen and oxygen atoms in total. The average molecular weight is 518 g/mol. The Hall–Kier alpha value is -1.32. The second-order valence-corrected chi connectivity index (χ2v) is 10.3. The van der Waals surface area contributed by atoms with Gasteiger partial charge in [-0.05, 0) is 64.0 Å². The average Bonchev–Trinajstić information content (AvgIpc) is 3.07. The largest absolute Gasteiger partial charge is 0.417 e. The van der Waals surface area contributed by atoms with Gasteiger partial charge in [0.2, 0.25) is 0 Å². The van der Waals surface area contributed by atoms with Crippen LogP contribution in [0.5, 0.6) is 0 Å². The van der Waals surface area contributed by atoms with Crippen molar-refractivity contribution in [2.75, 3.05) is 19.7 Å². The third kappa shape index (κ3) is 4.66. The number of piperidine rings is 1. The molecule has 1 saturated carbocycles. The molecule has 1 aromatic carbocycles. The van der Waals surface area contributed by atoms with E-state index in [9.17, 15) is 18.0 Å². The molecular formula is C23H31BrF3N3O2. The third-order valence-corrected chi connectivity index (χ3v) is 7.93. The predicted octanol–water partition coefficient (Wildman–Crippen LogP) is 5.88. The molecule has 0 bridgehead atoms. The molecule has 0 unspecified atom stereocenters. The maximum absolute atomic E-state index is 13.2. The number of aromatic nitrogens is 2. The molecule has 1 N–H and O–H groups in total. The molecule has 0 radical (unpaired) electrons. The number of fused-ring (bicyclic) bond motifs is 1. The Bertz CT molecular complexity index is 1000. The molecule has 2 heterocycles. The number of likely N-dealkylation sites (tertiary alicyclic amines) is 1. The SMILES string of the molecule is CCCO[C@H]1CC[C@](C)(N2CCC(n3c(=O)[nH]c4cc(C(F)(F)F)c(Br)cc43)CC2)CC1. The molecule has 0 atom stereocenters. The molecule has 2 aliphatic rings. The van der Waals surface area contributed by atoms with Gasteiger partial charge in [0.1, 0.15) is 0 Å². The van der Waals surface area contributed by atoms with E-state index in [1.807, 2.05) is 0 Å². The number of imidazole rings is 1. The van der Waals surface area contributed by atoms with Crippen LogP contribution in [-0.4, -0.2) is 45.8 Å². The first-order valence-electron chi connectivity index (χ1n) is 11.5. The number of hydrogen-bond acceptors (Lipinski definition) is 3. The number of halogens is 4. The first-order chi connectivity index (χ1) is 15.1.